The number of sulfonamides is 1. The van der Waals surface area contributed by atoms with Gasteiger partial charge in [0, 0.05) is 13.1 Å². The van der Waals surface area contributed by atoms with Crippen molar-refractivity contribution in [3.8, 4) is 0 Å². The number of aliphatic hydroxyl groups excluding tert-OH is 1. The first-order valence-electron chi connectivity index (χ1n) is 6.71. The summed E-state index contributed by atoms with van der Waals surface area (Å²) in [6, 6.07) is 6.11. The summed E-state index contributed by atoms with van der Waals surface area (Å²) < 4.78 is 49.5. The second kappa shape index (κ2) is 6.04. The molecule has 0 radical (unpaired) electrons. The van der Waals surface area contributed by atoms with Crippen LogP contribution >= 0.6 is 0 Å². The van der Waals surface area contributed by atoms with Crippen LogP contribution in [0.15, 0.2) is 29.2 Å². The summed E-state index contributed by atoms with van der Waals surface area (Å²) in [7, 11) is -6.90. The molecule has 21 heavy (non-hydrogen) atoms. The summed E-state index contributed by atoms with van der Waals surface area (Å²) in [5, 5.41) is 9.55. The zero-order valence-electron chi connectivity index (χ0n) is 11.8. The van der Waals surface area contributed by atoms with Crippen LogP contribution < -0.4 is 0 Å². The molecule has 0 amide bonds. The van der Waals surface area contributed by atoms with Gasteiger partial charge in [-0.25, -0.2) is 16.8 Å². The Morgan fingerprint density at radius 3 is 2.62 bits per heavy atom. The van der Waals surface area contributed by atoms with Crippen molar-refractivity contribution in [1.82, 2.24) is 4.31 Å². The summed E-state index contributed by atoms with van der Waals surface area (Å²) in [4.78, 5) is 0.0835. The lowest BCUT2D eigenvalue weighted by molar-refractivity contribution is 0.199. The highest BCUT2D eigenvalue weighted by Crippen LogP contribution is 2.22. The monoisotopic (exact) mass is 333 g/mol. The lowest BCUT2D eigenvalue weighted by atomic mass is 10.1. The standard InChI is InChI=1S/C13H19NO5S2/c1-11(15)12-4-2-5-13(10-12)21(18,19)14-6-3-8-20(16,17)9-7-14/h2,4-5,10-11,15H,3,6-9H2,1H3. The number of nitrogens with zero attached hydrogens (tertiary/aromatic N) is 1. The van der Waals surface area contributed by atoms with E-state index in [4.69, 9.17) is 0 Å². The first kappa shape index (κ1) is 16.4. The largest absolute Gasteiger partial charge is 0.389 e. The summed E-state index contributed by atoms with van der Waals surface area (Å²) in [5.41, 5.74) is 0.513. The van der Waals surface area contributed by atoms with E-state index in [-0.39, 0.29) is 29.5 Å². The minimum atomic E-state index is -3.73. The molecule has 2 rings (SSSR count). The molecular weight excluding hydrogens is 314 g/mol. The number of rotatable bonds is 3. The molecule has 0 spiro atoms. The molecule has 0 aromatic heterocycles. The minimum Gasteiger partial charge on any atom is -0.389 e. The van der Waals surface area contributed by atoms with E-state index in [0.29, 0.717) is 12.0 Å². The third-order valence-corrected chi connectivity index (χ3v) is 7.10. The smallest absolute Gasteiger partial charge is 0.243 e. The van der Waals surface area contributed by atoms with Gasteiger partial charge in [-0.15, -0.1) is 0 Å². The lowest BCUT2D eigenvalue weighted by Crippen LogP contribution is -2.33. The van der Waals surface area contributed by atoms with E-state index in [1.165, 1.54) is 16.4 Å². The fourth-order valence-corrected chi connectivity index (χ4v) is 5.16. The number of sulfone groups is 1. The highest BCUT2D eigenvalue weighted by atomic mass is 32.2. The van der Waals surface area contributed by atoms with E-state index in [1.54, 1.807) is 19.1 Å². The van der Waals surface area contributed by atoms with Crippen LogP contribution in [0.4, 0.5) is 0 Å². The zero-order valence-corrected chi connectivity index (χ0v) is 13.4. The van der Waals surface area contributed by atoms with E-state index < -0.39 is 26.0 Å². The number of hydrogen-bond acceptors (Lipinski definition) is 5. The highest BCUT2D eigenvalue weighted by molar-refractivity contribution is 7.91. The molecule has 1 fully saturated rings. The molecule has 1 aliphatic heterocycles. The molecule has 0 aliphatic carbocycles. The predicted molar refractivity (Wildman–Crippen MR) is 79.1 cm³/mol. The van der Waals surface area contributed by atoms with Crippen LogP contribution in [-0.4, -0.2) is 50.8 Å². The molecule has 1 aliphatic rings. The normalized spacial score (nSPS) is 21.6. The van der Waals surface area contributed by atoms with Gasteiger partial charge in [-0.05, 0) is 31.0 Å². The molecule has 8 heteroatoms. The molecule has 0 bridgehead atoms. The fraction of sp³-hybridized carbons (Fsp3) is 0.538. The third kappa shape index (κ3) is 3.82. The first-order chi connectivity index (χ1) is 9.72. The quantitative estimate of drug-likeness (QED) is 0.872. The van der Waals surface area contributed by atoms with Gasteiger partial charge in [-0.2, -0.15) is 4.31 Å². The van der Waals surface area contributed by atoms with Crippen molar-refractivity contribution < 1.29 is 21.9 Å². The van der Waals surface area contributed by atoms with E-state index in [1.807, 2.05) is 0 Å². The van der Waals surface area contributed by atoms with Gasteiger partial charge in [-0.1, -0.05) is 12.1 Å². The van der Waals surface area contributed by atoms with Gasteiger partial charge in [0.15, 0.2) is 9.84 Å². The van der Waals surface area contributed by atoms with Crippen LogP contribution in [0, 0.1) is 0 Å². The van der Waals surface area contributed by atoms with Gasteiger partial charge in [0.2, 0.25) is 10.0 Å². The summed E-state index contributed by atoms with van der Waals surface area (Å²) in [6.45, 7) is 1.73. The molecule has 1 N–H and O–H groups in total. The highest BCUT2D eigenvalue weighted by Gasteiger charge is 2.29. The second-order valence-corrected chi connectivity index (χ2v) is 9.40. The van der Waals surface area contributed by atoms with Crippen molar-refractivity contribution in [2.24, 2.45) is 0 Å². The number of benzene rings is 1. The van der Waals surface area contributed by atoms with Crippen LogP contribution in [0.25, 0.3) is 0 Å². The Morgan fingerprint density at radius 2 is 1.95 bits per heavy atom. The molecule has 1 atom stereocenters. The van der Waals surface area contributed by atoms with Crippen LogP contribution in [0.3, 0.4) is 0 Å². The molecule has 118 valence electrons. The Hall–Kier alpha value is -0.960. The molecule has 1 saturated heterocycles. The lowest BCUT2D eigenvalue weighted by Gasteiger charge is -2.20. The predicted octanol–water partition coefficient (Wildman–Crippen LogP) is 0.549. The van der Waals surface area contributed by atoms with Gasteiger partial charge in [0.05, 0.1) is 22.5 Å². The average Bonchev–Trinajstić information content (AvgIpc) is 2.60. The summed E-state index contributed by atoms with van der Waals surface area (Å²) >= 11 is 0. The Balaban J connectivity index is 2.31. The topological polar surface area (TPSA) is 91.8 Å². The van der Waals surface area contributed by atoms with Crippen LogP contribution in [0.2, 0.25) is 0 Å². The van der Waals surface area contributed by atoms with E-state index in [0.717, 1.165) is 0 Å². The third-order valence-electron chi connectivity index (χ3n) is 3.49. The Bertz CT molecular complexity index is 710. The van der Waals surface area contributed by atoms with Crippen molar-refractivity contribution in [2.45, 2.75) is 24.3 Å². The molecule has 1 unspecified atom stereocenters. The van der Waals surface area contributed by atoms with Crippen molar-refractivity contribution in [3.63, 3.8) is 0 Å². The molecule has 1 aromatic carbocycles. The zero-order chi connectivity index (χ0) is 15.7. The van der Waals surface area contributed by atoms with Gasteiger partial charge in [0.1, 0.15) is 0 Å². The Kier molecular flexibility index (Phi) is 4.72. The Labute approximate surface area is 125 Å². The maximum atomic E-state index is 12.6. The Morgan fingerprint density at radius 1 is 1.24 bits per heavy atom. The molecule has 1 aromatic rings. The van der Waals surface area contributed by atoms with Crippen LogP contribution in [0.5, 0.6) is 0 Å². The van der Waals surface area contributed by atoms with Crippen LogP contribution in [-0.2, 0) is 19.9 Å². The van der Waals surface area contributed by atoms with Gasteiger partial charge in [-0.3, -0.25) is 0 Å². The fourth-order valence-electron chi connectivity index (χ4n) is 2.24. The first-order valence-corrected chi connectivity index (χ1v) is 9.97. The van der Waals surface area contributed by atoms with Gasteiger partial charge in [0.25, 0.3) is 0 Å². The van der Waals surface area contributed by atoms with E-state index in [2.05, 4.69) is 0 Å². The average molecular weight is 333 g/mol. The molecule has 0 saturated carbocycles. The molecular formula is C13H19NO5S2. The number of hydrogen-bond donors (Lipinski definition) is 1. The molecule has 6 nitrogen and oxygen atoms in total. The van der Waals surface area contributed by atoms with Gasteiger partial charge >= 0.3 is 0 Å². The SMILES string of the molecule is CC(O)c1cccc(S(=O)(=O)N2CCCS(=O)(=O)CC2)c1. The van der Waals surface area contributed by atoms with Gasteiger partial charge < -0.3 is 5.11 Å². The minimum absolute atomic E-state index is 0.0206. The number of aliphatic hydroxyl groups is 1. The van der Waals surface area contributed by atoms with E-state index in [9.17, 15) is 21.9 Å². The van der Waals surface area contributed by atoms with Crippen molar-refractivity contribution in [1.29, 1.82) is 0 Å². The maximum Gasteiger partial charge on any atom is 0.243 e. The maximum absolute atomic E-state index is 12.6. The molecule has 1 heterocycles. The van der Waals surface area contributed by atoms with Crippen LogP contribution in [0.1, 0.15) is 25.0 Å². The van der Waals surface area contributed by atoms with Crippen molar-refractivity contribution in [3.05, 3.63) is 29.8 Å². The van der Waals surface area contributed by atoms with Crippen molar-refractivity contribution in [2.75, 3.05) is 24.6 Å². The summed E-state index contributed by atoms with van der Waals surface area (Å²) in [6.07, 6.45) is -0.456. The van der Waals surface area contributed by atoms with E-state index >= 15 is 0 Å². The van der Waals surface area contributed by atoms with Crippen molar-refractivity contribution >= 4 is 19.9 Å². The summed E-state index contributed by atoms with van der Waals surface area (Å²) in [5.74, 6) is -0.130. The second-order valence-electron chi connectivity index (χ2n) is 5.16.